The summed E-state index contributed by atoms with van der Waals surface area (Å²) in [7, 11) is 0. The molecular formula is C34H56O3. The van der Waals surface area contributed by atoms with Gasteiger partial charge < -0.3 is 14.2 Å². The zero-order valence-corrected chi connectivity index (χ0v) is 24.5. The number of ether oxygens (including phenoxy) is 3. The van der Waals surface area contributed by atoms with Crippen molar-refractivity contribution in [3.63, 3.8) is 0 Å². The summed E-state index contributed by atoms with van der Waals surface area (Å²) in [5.41, 5.74) is 0.538. The van der Waals surface area contributed by atoms with E-state index in [0.29, 0.717) is 67.2 Å². The van der Waals surface area contributed by atoms with Gasteiger partial charge in [-0.05, 0) is 85.9 Å². The molecule has 0 aromatic carbocycles. The first kappa shape index (κ1) is 29.1. The van der Waals surface area contributed by atoms with Crippen LogP contribution in [0, 0.1) is 46.3 Å². The van der Waals surface area contributed by atoms with Gasteiger partial charge in [-0.2, -0.15) is 0 Å². The molecule has 4 aliphatic rings. The Hall–Kier alpha value is -0.900. The molecule has 0 amide bonds. The Balaban J connectivity index is 1.68. The molecule has 0 N–H and O–H groups in total. The third-order valence-corrected chi connectivity index (χ3v) is 11.7. The SMILES string of the molecule is C=CCO[C@H]1CC[C@@]2(C)[C@@H](C1)C[C@@H](OCC=C)[C@@H]1[C@@H]2C[C@H](OCC=C)[C@]2(C)[C@@H]([C@H](C)CCCC)CC[C@@H]12. The second-order valence-corrected chi connectivity index (χ2v) is 13.4. The molecule has 37 heavy (non-hydrogen) atoms. The minimum atomic E-state index is 0.209. The highest BCUT2D eigenvalue weighted by Gasteiger charge is 2.66. The molecule has 4 aliphatic carbocycles. The van der Waals surface area contributed by atoms with E-state index in [9.17, 15) is 0 Å². The van der Waals surface area contributed by atoms with Gasteiger partial charge in [-0.15, -0.1) is 19.7 Å². The van der Waals surface area contributed by atoms with Crippen LogP contribution in [0.1, 0.15) is 91.9 Å². The summed E-state index contributed by atoms with van der Waals surface area (Å²) >= 11 is 0. The van der Waals surface area contributed by atoms with Crippen LogP contribution in [0.3, 0.4) is 0 Å². The molecule has 11 atom stereocenters. The molecule has 0 heterocycles. The molecule has 0 spiro atoms. The molecule has 0 aromatic heterocycles. The zero-order valence-electron chi connectivity index (χ0n) is 24.5. The topological polar surface area (TPSA) is 27.7 Å². The Morgan fingerprint density at radius 1 is 0.865 bits per heavy atom. The Morgan fingerprint density at radius 2 is 1.57 bits per heavy atom. The normalized spacial score (nSPS) is 43.8. The van der Waals surface area contributed by atoms with Crippen LogP contribution in [-0.4, -0.2) is 38.1 Å². The summed E-state index contributed by atoms with van der Waals surface area (Å²) in [6.07, 6.45) is 19.3. The molecule has 0 aliphatic heterocycles. The summed E-state index contributed by atoms with van der Waals surface area (Å²) in [5.74, 6) is 4.03. The molecular weight excluding hydrogens is 456 g/mol. The van der Waals surface area contributed by atoms with Crippen molar-refractivity contribution in [2.75, 3.05) is 19.8 Å². The van der Waals surface area contributed by atoms with Gasteiger partial charge in [-0.1, -0.05) is 65.2 Å². The molecule has 4 saturated carbocycles. The average Bonchev–Trinajstić information content (AvgIpc) is 3.26. The van der Waals surface area contributed by atoms with Crippen molar-refractivity contribution in [3.05, 3.63) is 38.0 Å². The van der Waals surface area contributed by atoms with Gasteiger partial charge in [0.1, 0.15) is 0 Å². The van der Waals surface area contributed by atoms with Crippen molar-refractivity contribution in [2.45, 2.75) is 110 Å². The summed E-state index contributed by atoms with van der Waals surface area (Å²) in [6, 6.07) is 0. The predicted octanol–water partition coefficient (Wildman–Crippen LogP) is 8.41. The second-order valence-electron chi connectivity index (χ2n) is 13.4. The molecule has 0 saturated heterocycles. The van der Waals surface area contributed by atoms with Gasteiger partial charge in [0, 0.05) is 5.41 Å². The maximum absolute atomic E-state index is 6.79. The van der Waals surface area contributed by atoms with Crippen molar-refractivity contribution in [2.24, 2.45) is 46.3 Å². The van der Waals surface area contributed by atoms with Crippen LogP contribution < -0.4 is 0 Å². The monoisotopic (exact) mass is 512 g/mol. The molecule has 210 valence electrons. The van der Waals surface area contributed by atoms with Gasteiger partial charge in [0.05, 0.1) is 38.1 Å². The summed E-state index contributed by atoms with van der Waals surface area (Å²) in [6.45, 7) is 23.9. The lowest BCUT2D eigenvalue weighted by atomic mass is 9.43. The highest BCUT2D eigenvalue weighted by molar-refractivity contribution is 5.15. The van der Waals surface area contributed by atoms with Crippen molar-refractivity contribution in [3.8, 4) is 0 Å². The second kappa shape index (κ2) is 12.5. The number of rotatable bonds is 13. The first-order valence-electron chi connectivity index (χ1n) is 15.5. The molecule has 0 radical (unpaired) electrons. The molecule has 4 fully saturated rings. The number of hydrogen-bond donors (Lipinski definition) is 0. The van der Waals surface area contributed by atoms with E-state index >= 15 is 0 Å². The van der Waals surface area contributed by atoms with E-state index < -0.39 is 0 Å². The van der Waals surface area contributed by atoms with Crippen molar-refractivity contribution < 1.29 is 14.2 Å². The van der Waals surface area contributed by atoms with E-state index in [4.69, 9.17) is 14.2 Å². The van der Waals surface area contributed by atoms with Crippen LogP contribution in [0.15, 0.2) is 38.0 Å². The molecule has 3 heteroatoms. The number of hydrogen-bond acceptors (Lipinski definition) is 3. The van der Waals surface area contributed by atoms with E-state index in [1.165, 1.54) is 57.8 Å². The van der Waals surface area contributed by atoms with Crippen LogP contribution >= 0.6 is 0 Å². The lowest BCUT2D eigenvalue weighted by Gasteiger charge is -2.64. The van der Waals surface area contributed by atoms with Crippen LogP contribution in [0.25, 0.3) is 0 Å². The van der Waals surface area contributed by atoms with Gasteiger partial charge in [0.15, 0.2) is 0 Å². The van der Waals surface area contributed by atoms with Gasteiger partial charge in [0.25, 0.3) is 0 Å². The van der Waals surface area contributed by atoms with Crippen LogP contribution in [0.4, 0.5) is 0 Å². The minimum Gasteiger partial charge on any atom is -0.374 e. The predicted molar refractivity (Wildman–Crippen MR) is 154 cm³/mol. The average molecular weight is 513 g/mol. The lowest BCUT2D eigenvalue weighted by Crippen LogP contribution is -2.63. The zero-order chi connectivity index (χ0) is 26.6. The first-order valence-corrected chi connectivity index (χ1v) is 15.5. The summed E-state index contributed by atoms with van der Waals surface area (Å²) in [4.78, 5) is 0. The van der Waals surface area contributed by atoms with Crippen LogP contribution in [-0.2, 0) is 14.2 Å². The fraction of sp³-hybridized carbons (Fsp3) is 0.824. The minimum absolute atomic E-state index is 0.209. The lowest BCUT2D eigenvalue weighted by molar-refractivity contribution is -0.223. The Labute approximate surface area is 228 Å². The number of unbranched alkanes of at least 4 members (excludes halogenated alkanes) is 1. The number of fused-ring (bicyclic) bond motifs is 5. The van der Waals surface area contributed by atoms with Crippen molar-refractivity contribution in [1.29, 1.82) is 0 Å². The van der Waals surface area contributed by atoms with Crippen molar-refractivity contribution >= 4 is 0 Å². The van der Waals surface area contributed by atoms with Gasteiger partial charge in [-0.3, -0.25) is 0 Å². The largest absolute Gasteiger partial charge is 0.374 e. The van der Waals surface area contributed by atoms with E-state index in [0.717, 1.165) is 18.3 Å². The maximum atomic E-state index is 6.79. The summed E-state index contributed by atoms with van der Waals surface area (Å²) < 4.78 is 19.7. The molecule has 0 unspecified atom stereocenters. The molecule has 3 nitrogen and oxygen atoms in total. The maximum Gasteiger partial charge on any atom is 0.0648 e. The van der Waals surface area contributed by atoms with E-state index in [2.05, 4.69) is 47.4 Å². The van der Waals surface area contributed by atoms with Gasteiger partial charge >= 0.3 is 0 Å². The fourth-order valence-corrected chi connectivity index (χ4v) is 9.94. The Kier molecular flexibility index (Phi) is 9.84. The molecule has 0 aromatic rings. The smallest absolute Gasteiger partial charge is 0.0648 e. The first-order chi connectivity index (χ1) is 17.8. The highest BCUT2D eigenvalue weighted by atomic mass is 16.5. The van der Waals surface area contributed by atoms with Crippen LogP contribution in [0.5, 0.6) is 0 Å². The molecule has 0 bridgehead atoms. The van der Waals surface area contributed by atoms with Crippen LogP contribution in [0.2, 0.25) is 0 Å². The quantitative estimate of drug-likeness (QED) is 0.232. The van der Waals surface area contributed by atoms with E-state index in [1.807, 2.05) is 18.2 Å². The van der Waals surface area contributed by atoms with Gasteiger partial charge in [-0.25, -0.2) is 0 Å². The fourth-order valence-electron chi connectivity index (χ4n) is 9.94. The third kappa shape index (κ3) is 5.44. The highest BCUT2D eigenvalue weighted by Crippen LogP contribution is 2.69. The Morgan fingerprint density at radius 3 is 2.27 bits per heavy atom. The standard InChI is InChI=1S/C34H56O3/c1-8-12-13-24(5)27-14-15-28-32-29(23-31(34(27,28)7)37-20-11-4)33(6)17-16-26(35-18-9-2)21-25(33)22-30(32)36-19-10-3/h9-11,24-32H,2-4,8,12-23H2,1,5-7H3/t24-,25+,26+,27-,28+,29+,30-,31+,32+,33+,34-/m1/s1. The van der Waals surface area contributed by atoms with Gasteiger partial charge in [0.2, 0.25) is 0 Å². The van der Waals surface area contributed by atoms with E-state index in [-0.39, 0.29) is 5.41 Å². The van der Waals surface area contributed by atoms with E-state index in [1.54, 1.807) is 0 Å². The Bertz CT molecular complexity index is 777. The molecule has 4 rings (SSSR count). The van der Waals surface area contributed by atoms with Crippen molar-refractivity contribution in [1.82, 2.24) is 0 Å². The third-order valence-electron chi connectivity index (χ3n) is 11.7. The summed E-state index contributed by atoms with van der Waals surface area (Å²) in [5, 5.41) is 0.